The summed E-state index contributed by atoms with van der Waals surface area (Å²) in [6.07, 6.45) is 3.93. The van der Waals surface area contributed by atoms with E-state index in [1.54, 1.807) is 6.07 Å². The summed E-state index contributed by atoms with van der Waals surface area (Å²) in [5.41, 5.74) is 4.68. The molecule has 0 aliphatic heterocycles. The second-order valence-corrected chi connectivity index (χ2v) is 6.68. The lowest BCUT2D eigenvalue weighted by Gasteiger charge is -2.05. The van der Waals surface area contributed by atoms with Gasteiger partial charge in [-0.05, 0) is 53.6 Å². The van der Waals surface area contributed by atoms with E-state index in [1.807, 2.05) is 97.9 Å². The van der Waals surface area contributed by atoms with Crippen LogP contribution >= 0.6 is 0 Å². The largest absolute Gasteiger partial charge is 0.507 e. The standard InChI is InChI=1S/C25H20N2O/c1-18-6-12-21(13-7-18)26-27-22-14-8-19(9-15-22)10-16-24-23-5-3-2-4-20(23)11-17-25(24)28/h2-17,28H,1H3/b16-10+,27-26?. The van der Waals surface area contributed by atoms with Crippen LogP contribution in [-0.4, -0.2) is 5.11 Å². The first-order valence-corrected chi connectivity index (χ1v) is 9.16. The average Bonchev–Trinajstić information content (AvgIpc) is 2.73. The Kier molecular flexibility index (Phi) is 4.98. The van der Waals surface area contributed by atoms with E-state index in [0.29, 0.717) is 0 Å². The number of hydrogen-bond donors (Lipinski definition) is 1. The van der Waals surface area contributed by atoms with Crippen LogP contribution in [0.15, 0.2) is 95.2 Å². The second kappa shape index (κ2) is 7.89. The van der Waals surface area contributed by atoms with Crippen molar-refractivity contribution in [1.29, 1.82) is 0 Å². The minimum Gasteiger partial charge on any atom is -0.507 e. The Bertz CT molecular complexity index is 1160. The van der Waals surface area contributed by atoms with Gasteiger partial charge in [-0.15, -0.1) is 0 Å². The summed E-state index contributed by atoms with van der Waals surface area (Å²) in [5.74, 6) is 0.276. The number of nitrogens with zero attached hydrogens (tertiary/aromatic N) is 2. The first-order chi connectivity index (χ1) is 13.7. The van der Waals surface area contributed by atoms with Crippen LogP contribution in [0.3, 0.4) is 0 Å². The third kappa shape index (κ3) is 3.99. The zero-order chi connectivity index (χ0) is 19.3. The number of azo groups is 1. The Morgan fingerprint density at radius 3 is 2.04 bits per heavy atom. The molecule has 0 spiro atoms. The summed E-state index contributed by atoms with van der Waals surface area (Å²) in [7, 11) is 0. The number of rotatable bonds is 4. The van der Waals surface area contributed by atoms with Crippen molar-refractivity contribution in [3.05, 3.63) is 102 Å². The van der Waals surface area contributed by atoms with E-state index in [9.17, 15) is 5.11 Å². The lowest BCUT2D eigenvalue weighted by Crippen LogP contribution is -1.80. The van der Waals surface area contributed by atoms with E-state index in [0.717, 1.165) is 33.3 Å². The van der Waals surface area contributed by atoms with E-state index in [2.05, 4.69) is 10.2 Å². The van der Waals surface area contributed by atoms with Crippen molar-refractivity contribution >= 4 is 34.3 Å². The number of fused-ring (bicyclic) bond motifs is 1. The van der Waals surface area contributed by atoms with Crippen molar-refractivity contribution in [2.45, 2.75) is 6.92 Å². The molecule has 0 saturated carbocycles. The number of benzene rings is 4. The predicted octanol–water partition coefficient (Wildman–Crippen LogP) is 7.44. The van der Waals surface area contributed by atoms with Gasteiger partial charge in [0, 0.05) is 5.56 Å². The topological polar surface area (TPSA) is 45.0 Å². The molecule has 0 aliphatic carbocycles. The van der Waals surface area contributed by atoms with Gasteiger partial charge < -0.3 is 5.11 Å². The van der Waals surface area contributed by atoms with Crippen LogP contribution in [0, 0.1) is 6.92 Å². The van der Waals surface area contributed by atoms with Crippen molar-refractivity contribution in [2.75, 3.05) is 0 Å². The Labute approximate surface area is 164 Å². The minimum absolute atomic E-state index is 0.276. The average molecular weight is 364 g/mol. The molecule has 4 aromatic carbocycles. The first-order valence-electron chi connectivity index (χ1n) is 9.16. The van der Waals surface area contributed by atoms with E-state index < -0.39 is 0 Å². The van der Waals surface area contributed by atoms with Gasteiger partial charge >= 0.3 is 0 Å². The maximum atomic E-state index is 10.2. The zero-order valence-electron chi connectivity index (χ0n) is 15.6. The van der Waals surface area contributed by atoms with Gasteiger partial charge in [0.1, 0.15) is 5.75 Å². The first kappa shape index (κ1) is 17.7. The molecule has 3 heteroatoms. The SMILES string of the molecule is Cc1ccc(N=Nc2ccc(/C=C/c3c(O)ccc4ccccc34)cc2)cc1. The summed E-state index contributed by atoms with van der Waals surface area (Å²) in [4.78, 5) is 0. The Balaban J connectivity index is 1.54. The molecule has 0 heterocycles. The third-order valence-electron chi connectivity index (χ3n) is 4.60. The van der Waals surface area contributed by atoms with Crippen LogP contribution < -0.4 is 0 Å². The normalized spacial score (nSPS) is 11.6. The maximum Gasteiger partial charge on any atom is 0.123 e. The minimum atomic E-state index is 0.276. The van der Waals surface area contributed by atoms with Gasteiger partial charge in [-0.25, -0.2) is 0 Å². The highest BCUT2D eigenvalue weighted by Gasteiger charge is 2.03. The fourth-order valence-corrected chi connectivity index (χ4v) is 3.02. The monoisotopic (exact) mass is 364 g/mol. The molecule has 1 N–H and O–H groups in total. The maximum absolute atomic E-state index is 10.2. The quantitative estimate of drug-likeness (QED) is 0.297. The van der Waals surface area contributed by atoms with Crippen molar-refractivity contribution in [1.82, 2.24) is 0 Å². The summed E-state index contributed by atoms with van der Waals surface area (Å²) in [5, 5.41) is 20.9. The molecule has 0 unspecified atom stereocenters. The van der Waals surface area contributed by atoms with Crippen LogP contribution in [-0.2, 0) is 0 Å². The van der Waals surface area contributed by atoms with Gasteiger partial charge in [0.2, 0.25) is 0 Å². The highest BCUT2D eigenvalue weighted by atomic mass is 16.3. The van der Waals surface area contributed by atoms with Crippen molar-refractivity contribution in [2.24, 2.45) is 10.2 Å². The van der Waals surface area contributed by atoms with Crippen LogP contribution in [0.1, 0.15) is 16.7 Å². The van der Waals surface area contributed by atoms with Crippen molar-refractivity contribution < 1.29 is 5.11 Å². The van der Waals surface area contributed by atoms with Gasteiger partial charge in [-0.2, -0.15) is 10.2 Å². The lowest BCUT2D eigenvalue weighted by molar-refractivity contribution is 0.475. The molecule has 0 saturated heterocycles. The summed E-state index contributed by atoms with van der Waals surface area (Å²) in [6.45, 7) is 2.05. The van der Waals surface area contributed by atoms with Crippen molar-refractivity contribution in [3.63, 3.8) is 0 Å². The van der Waals surface area contributed by atoms with E-state index in [4.69, 9.17) is 0 Å². The number of phenols is 1. The molecule has 0 atom stereocenters. The molecule has 0 aromatic heterocycles. The molecule has 0 amide bonds. The highest BCUT2D eigenvalue weighted by Crippen LogP contribution is 2.29. The summed E-state index contributed by atoms with van der Waals surface area (Å²) >= 11 is 0. The molecule has 4 aromatic rings. The number of hydrogen-bond acceptors (Lipinski definition) is 3. The Morgan fingerprint density at radius 2 is 1.32 bits per heavy atom. The van der Waals surface area contributed by atoms with E-state index in [-0.39, 0.29) is 5.75 Å². The summed E-state index contributed by atoms with van der Waals surface area (Å²) < 4.78 is 0. The zero-order valence-corrected chi connectivity index (χ0v) is 15.6. The highest BCUT2D eigenvalue weighted by molar-refractivity contribution is 5.95. The summed E-state index contributed by atoms with van der Waals surface area (Å²) in [6, 6.07) is 27.5. The third-order valence-corrected chi connectivity index (χ3v) is 4.60. The molecule has 0 bridgehead atoms. The van der Waals surface area contributed by atoms with Gasteiger partial charge in [-0.1, -0.05) is 72.3 Å². The molecular weight excluding hydrogens is 344 g/mol. The predicted molar refractivity (Wildman–Crippen MR) is 116 cm³/mol. The Morgan fingerprint density at radius 1 is 0.679 bits per heavy atom. The molecular formula is C25H20N2O. The smallest absolute Gasteiger partial charge is 0.123 e. The molecule has 0 radical (unpaired) electrons. The molecule has 136 valence electrons. The fraction of sp³-hybridized carbons (Fsp3) is 0.0400. The van der Waals surface area contributed by atoms with Gasteiger partial charge in [-0.3, -0.25) is 0 Å². The van der Waals surface area contributed by atoms with E-state index in [1.165, 1.54) is 5.56 Å². The molecule has 28 heavy (non-hydrogen) atoms. The molecule has 0 fully saturated rings. The lowest BCUT2D eigenvalue weighted by atomic mass is 10.0. The number of aryl methyl sites for hydroxylation is 1. The number of aromatic hydroxyl groups is 1. The fourth-order valence-electron chi connectivity index (χ4n) is 3.02. The molecule has 4 rings (SSSR count). The number of phenolic OH excluding ortho intramolecular Hbond substituents is 1. The van der Waals surface area contributed by atoms with E-state index >= 15 is 0 Å². The van der Waals surface area contributed by atoms with Crippen LogP contribution in [0.2, 0.25) is 0 Å². The Hall–Kier alpha value is -3.72. The molecule has 0 aliphatic rings. The van der Waals surface area contributed by atoms with Crippen LogP contribution in [0.4, 0.5) is 11.4 Å². The second-order valence-electron chi connectivity index (χ2n) is 6.68. The van der Waals surface area contributed by atoms with Crippen molar-refractivity contribution in [3.8, 4) is 5.75 Å². The van der Waals surface area contributed by atoms with Gasteiger partial charge in [0.05, 0.1) is 11.4 Å². The van der Waals surface area contributed by atoms with Crippen LogP contribution in [0.5, 0.6) is 5.75 Å². The van der Waals surface area contributed by atoms with Crippen LogP contribution in [0.25, 0.3) is 22.9 Å². The molecule has 3 nitrogen and oxygen atoms in total. The van der Waals surface area contributed by atoms with Gasteiger partial charge in [0.15, 0.2) is 0 Å². The van der Waals surface area contributed by atoms with Gasteiger partial charge in [0.25, 0.3) is 0 Å².